The Hall–Kier alpha value is -0.0831. The highest BCUT2D eigenvalue weighted by Crippen LogP contribution is 2.45. The predicted octanol–water partition coefficient (Wildman–Crippen LogP) is 5.39. The third-order valence-electron chi connectivity index (χ3n) is 4.16. The first-order valence-corrected chi connectivity index (χ1v) is 10.8. The first-order chi connectivity index (χ1) is 8.08. The zero-order valence-corrected chi connectivity index (χ0v) is 14.3. The molecule has 106 valence electrons. The van der Waals surface area contributed by atoms with Gasteiger partial charge in [-0.2, -0.15) is 0 Å². The van der Waals surface area contributed by atoms with Crippen LogP contribution in [0.25, 0.3) is 0 Å². The van der Waals surface area contributed by atoms with Crippen LogP contribution < -0.4 is 0 Å². The van der Waals surface area contributed by atoms with Gasteiger partial charge in [-0.05, 0) is 63.1 Å². The highest BCUT2D eigenvalue weighted by atomic mass is 28.4. The molecule has 0 atom stereocenters. The molecule has 0 aromatic carbocycles. The van der Waals surface area contributed by atoms with E-state index in [2.05, 4.69) is 53.1 Å². The van der Waals surface area contributed by atoms with Gasteiger partial charge in [-0.15, -0.1) is 6.58 Å². The van der Waals surface area contributed by atoms with Gasteiger partial charge in [0.1, 0.15) is 0 Å². The van der Waals surface area contributed by atoms with Crippen molar-refractivity contribution >= 4 is 8.32 Å². The summed E-state index contributed by atoms with van der Waals surface area (Å²) in [5.74, 6) is 0.848. The van der Waals surface area contributed by atoms with Crippen LogP contribution in [0.1, 0.15) is 52.9 Å². The van der Waals surface area contributed by atoms with Crippen LogP contribution in [-0.2, 0) is 4.43 Å². The molecular formula is C16H32OSi. The monoisotopic (exact) mass is 268 g/mol. The molecule has 0 amide bonds. The van der Waals surface area contributed by atoms with Gasteiger partial charge < -0.3 is 4.43 Å². The Morgan fingerprint density at radius 3 is 2.06 bits per heavy atom. The Morgan fingerprint density at radius 1 is 1.22 bits per heavy atom. The Kier molecular flexibility index (Phi) is 4.88. The lowest BCUT2D eigenvalue weighted by Crippen LogP contribution is -2.46. The smallest absolute Gasteiger partial charge is 0.184 e. The van der Waals surface area contributed by atoms with Crippen LogP contribution in [0.3, 0.4) is 0 Å². The van der Waals surface area contributed by atoms with Crippen molar-refractivity contribution in [1.29, 1.82) is 0 Å². The second-order valence-corrected chi connectivity index (χ2v) is 12.5. The maximum absolute atomic E-state index is 6.54. The SMILES string of the molecule is C=CCC1(O[Si](C)(C)C)CCC(C(C)(C)C)CC1. The van der Waals surface area contributed by atoms with Gasteiger partial charge in [0.05, 0.1) is 5.60 Å². The van der Waals surface area contributed by atoms with E-state index in [0.717, 1.165) is 12.3 Å². The summed E-state index contributed by atoms with van der Waals surface area (Å²) in [4.78, 5) is 0. The third-order valence-corrected chi connectivity index (χ3v) is 5.21. The summed E-state index contributed by atoms with van der Waals surface area (Å²) in [7, 11) is -1.47. The molecule has 2 heteroatoms. The van der Waals surface area contributed by atoms with E-state index < -0.39 is 8.32 Å². The van der Waals surface area contributed by atoms with Crippen molar-refractivity contribution in [1.82, 2.24) is 0 Å². The van der Waals surface area contributed by atoms with Crippen LogP contribution in [0, 0.1) is 11.3 Å². The maximum atomic E-state index is 6.54. The van der Waals surface area contributed by atoms with Gasteiger partial charge in [0.15, 0.2) is 8.32 Å². The fourth-order valence-electron chi connectivity index (χ4n) is 3.27. The van der Waals surface area contributed by atoms with E-state index in [4.69, 9.17) is 4.43 Å². The van der Waals surface area contributed by atoms with E-state index in [-0.39, 0.29) is 5.60 Å². The fraction of sp³-hybridized carbons (Fsp3) is 0.875. The summed E-state index contributed by atoms with van der Waals surface area (Å²) >= 11 is 0. The molecule has 0 aromatic heterocycles. The predicted molar refractivity (Wildman–Crippen MR) is 83.4 cm³/mol. The van der Waals surface area contributed by atoms with E-state index in [9.17, 15) is 0 Å². The topological polar surface area (TPSA) is 9.23 Å². The summed E-state index contributed by atoms with van der Waals surface area (Å²) in [6.07, 6.45) is 8.12. The van der Waals surface area contributed by atoms with Crippen molar-refractivity contribution in [3.8, 4) is 0 Å². The first-order valence-electron chi connectivity index (χ1n) is 7.39. The van der Waals surface area contributed by atoms with Gasteiger partial charge in [0, 0.05) is 0 Å². The molecule has 1 fully saturated rings. The van der Waals surface area contributed by atoms with E-state index in [1.165, 1.54) is 25.7 Å². The van der Waals surface area contributed by atoms with Gasteiger partial charge >= 0.3 is 0 Å². The van der Waals surface area contributed by atoms with Crippen LogP contribution >= 0.6 is 0 Å². The molecule has 0 N–H and O–H groups in total. The molecule has 0 radical (unpaired) electrons. The maximum Gasteiger partial charge on any atom is 0.184 e. The molecule has 1 saturated carbocycles. The van der Waals surface area contributed by atoms with Crippen LogP contribution in [0.15, 0.2) is 12.7 Å². The Labute approximate surface area is 115 Å². The molecule has 0 bridgehead atoms. The Morgan fingerprint density at radius 2 is 1.72 bits per heavy atom. The standard InChI is InChI=1S/C16H32OSi/c1-8-11-16(17-18(5,6)7)12-9-14(10-13-16)15(2,3)4/h8,14H,1,9-13H2,2-7H3. The number of hydrogen-bond donors (Lipinski definition) is 0. The van der Waals surface area contributed by atoms with E-state index in [1.807, 2.05) is 0 Å². The van der Waals surface area contributed by atoms with E-state index in [0.29, 0.717) is 5.41 Å². The molecule has 1 aliphatic carbocycles. The van der Waals surface area contributed by atoms with Crippen molar-refractivity contribution in [2.24, 2.45) is 11.3 Å². The zero-order chi connectivity index (χ0) is 14.0. The average molecular weight is 269 g/mol. The highest BCUT2D eigenvalue weighted by molar-refractivity contribution is 6.69. The molecule has 1 rings (SSSR count). The van der Waals surface area contributed by atoms with Gasteiger partial charge in [0.2, 0.25) is 0 Å². The number of hydrogen-bond acceptors (Lipinski definition) is 1. The van der Waals surface area contributed by atoms with E-state index >= 15 is 0 Å². The molecule has 1 aliphatic rings. The molecule has 0 heterocycles. The summed E-state index contributed by atoms with van der Waals surface area (Å²) in [5, 5.41) is 0. The summed E-state index contributed by atoms with van der Waals surface area (Å²) in [6, 6.07) is 0. The second-order valence-electron chi connectivity index (χ2n) is 8.03. The molecular weight excluding hydrogens is 236 g/mol. The average Bonchev–Trinajstić information content (AvgIpc) is 2.14. The van der Waals surface area contributed by atoms with Gasteiger partial charge in [0.25, 0.3) is 0 Å². The quantitative estimate of drug-likeness (QED) is 0.491. The van der Waals surface area contributed by atoms with E-state index in [1.54, 1.807) is 0 Å². The van der Waals surface area contributed by atoms with Crippen molar-refractivity contribution < 1.29 is 4.43 Å². The lowest BCUT2D eigenvalue weighted by molar-refractivity contribution is -0.00717. The van der Waals surface area contributed by atoms with Gasteiger partial charge in [-0.3, -0.25) is 0 Å². The zero-order valence-electron chi connectivity index (χ0n) is 13.3. The minimum atomic E-state index is -1.47. The minimum Gasteiger partial charge on any atom is -0.412 e. The van der Waals surface area contributed by atoms with Crippen LogP contribution in [0.4, 0.5) is 0 Å². The van der Waals surface area contributed by atoms with Crippen LogP contribution in [0.5, 0.6) is 0 Å². The van der Waals surface area contributed by atoms with Gasteiger partial charge in [-0.25, -0.2) is 0 Å². The minimum absolute atomic E-state index is 0.105. The lowest BCUT2D eigenvalue weighted by atomic mass is 9.68. The van der Waals surface area contributed by atoms with Crippen molar-refractivity contribution in [2.45, 2.75) is 78.1 Å². The number of rotatable bonds is 4. The van der Waals surface area contributed by atoms with Crippen LogP contribution in [0.2, 0.25) is 19.6 Å². The molecule has 18 heavy (non-hydrogen) atoms. The Bertz CT molecular complexity index is 274. The fourth-order valence-corrected chi connectivity index (χ4v) is 4.86. The largest absolute Gasteiger partial charge is 0.412 e. The van der Waals surface area contributed by atoms with Crippen molar-refractivity contribution in [3.05, 3.63) is 12.7 Å². The lowest BCUT2D eigenvalue weighted by Gasteiger charge is -2.46. The molecule has 1 nitrogen and oxygen atoms in total. The summed E-state index contributed by atoms with van der Waals surface area (Å²) in [5.41, 5.74) is 0.549. The first kappa shape index (κ1) is 16.0. The normalized spacial score (nSPS) is 30.2. The molecule has 0 aromatic rings. The van der Waals surface area contributed by atoms with Gasteiger partial charge in [-0.1, -0.05) is 26.8 Å². The Balaban J connectivity index is 2.71. The molecule has 0 saturated heterocycles. The van der Waals surface area contributed by atoms with Crippen molar-refractivity contribution in [2.75, 3.05) is 0 Å². The molecule has 0 unspecified atom stereocenters. The molecule has 0 aliphatic heterocycles. The highest BCUT2D eigenvalue weighted by Gasteiger charge is 2.40. The summed E-state index contributed by atoms with van der Waals surface area (Å²) in [6.45, 7) is 17.9. The second kappa shape index (κ2) is 5.50. The molecule has 0 spiro atoms. The summed E-state index contributed by atoms with van der Waals surface area (Å²) < 4.78 is 6.54. The van der Waals surface area contributed by atoms with Crippen molar-refractivity contribution in [3.63, 3.8) is 0 Å². The third kappa shape index (κ3) is 4.54. The van der Waals surface area contributed by atoms with Crippen LogP contribution in [-0.4, -0.2) is 13.9 Å².